The summed E-state index contributed by atoms with van der Waals surface area (Å²) in [6.07, 6.45) is 17.9. The fourth-order valence-corrected chi connectivity index (χ4v) is 5.52. The molecule has 3 aliphatic rings. The fraction of sp³-hybridized carbons (Fsp3) is 0.606. The van der Waals surface area contributed by atoms with E-state index in [9.17, 15) is 4.79 Å². The van der Waals surface area contributed by atoms with Crippen LogP contribution in [0.5, 0.6) is 0 Å². The van der Waals surface area contributed by atoms with E-state index < -0.39 is 0 Å². The van der Waals surface area contributed by atoms with Crippen molar-refractivity contribution in [1.82, 2.24) is 10.2 Å². The van der Waals surface area contributed by atoms with Crippen molar-refractivity contribution in [2.24, 2.45) is 0 Å². The van der Waals surface area contributed by atoms with E-state index in [0.717, 1.165) is 38.3 Å². The molecule has 4 heteroatoms. The van der Waals surface area contributed by atoms with Crippen LogP contribution in [0.25, 0.3) is 0 Å². The van der Waals surface area contributed by atoms with Crippen LogP contribution in [0.3, 0.4) is 0 Å². The standard InChI is InChI=1S/C18H25N3O.C15H26/c22-18-17-7-6-16(20-10-8-19-9-11-20)12-14(17)13-21(18)15-4-2-1-3-5-15;1-6-14(4)10-8-12-15(5)11-7-9-13(2)3/h6-7,12,15,19H,1-5,8-11,13H2;6,9,12H,7-8,10-11H2,1-5H3/b;14-6+,15-12+. The molecule has 0 unspecified atom stereocenters. The topological polar surface area (TPSA) is 35.6 Å². The Labute approximate surface area is 226 Å². The molecule has 1 aromatic rings. The average Bonchev–Trinajstić information content (AvgIpc) is 3.25. The third-order valence-electron chi connectivity index (χ3n) is 8.03. The number of piperazine rings is 1. The minimum Gasteiger partial charge on any atom is -0.369 e. The molecule has 1 N–H and O–H groups in total. The van der Waals surface area contributed by atoms with Crippen molar-refractivity contribution in [2.45, 2.75) is 105 Å². The van der Waals surface area contributed by atoms with Crippen LogP contribution >= 0.6 is 0 Å². The van der Waals surface area contributed by atoms with Crippen LogP contribution in [-0.4, -0.2) is 43.0 Å². The molecule has 1 aromatic carbocycles. The Kier molecular flexibility index (Phi) is 12.0. The van der Waals surface area contributed by atoms with Gasteiger partial charge in [-0.15, -0.1) is 0 Å². The Morgan fingerprint density at radius 1 is 0.946 bits per heavy atom. The number of carbonyl (C=O) groups excluding carboxylic acids is 1. The third kappa shape index (κ3) is 9.17. The van der Waals surface area contributed by atoms with Gasteiger partial charge in [-0.2, -0.15) is 0 Å². The first-order chi connectivity index (χ1) is 17.9. The van der Waals surface area contributed by atoms with Gasteiger partial charge in [-0.25, -0.2) is 0 Å². The van der Waals surface area contributed by atoms with Crippen molar-refractivity contribution < 1.29 is 4.79 Å². The fourth-order valence-electron chi connectivity index (χ4n) is 5.52. The van der Waals surface area contributed by atoms with Crippen molar-refractivity contribution in [3.05, 3.63) is 64.3 Å². The minimum absolute atomic E-state index is 0.258. The number of rotatable bonds is 8. The van der Waals surface area contributed by atoms with Gasteiger partial charge in [0.05, 0.1) is 0 Å². The lowest BCUT2D eigenvalue weighted by Gasteiger charge is -2.31. The van der Waals surface area contributed by atoms with Crippen LogP contribution in [0.2, 0.25) is 0 Å². The molecule has 2 aliphatic heterocycles. The lowest BCUT2D eigenvalue weighted by Crippen LogP contribution is -2.43. The Morgan fingerprint density at radius 3 is 2.30 bits per heavy atom. The first kappa shape index (κ1) is 29.2. The number of nitrogens with zero attached hydrogens (tertiary/aromatic N) is 2. The maximum Gasteiger partial charge on any atom is 0.254 e. The Hall–Kier alpha value is -2.33. The number of fused-ring (bicyclic) bond motifs is 1. The highest BCUT2D eigenvalue weighted by Gasteiger charge is 2.33. The largest absolute Gasteiger partial charge is 0.369 e. The van der Waals surface area contributed by atoms with Crippen LogP contribution in [0.1, 0.15) is 108 Å². The molecule has 0 bridgehead atoms. The van der Waals surface area contributed by atoms with E-state index in [1.807, 2.05) is 0 Å². The average molecular weight is 506 g/mol. The van der Waals surface area contributed by atoms with E-state index in [0.29, 0.717) is 6.04 Å². The molecule has 1 amide bonds. The molecule has 2 fully saturated rings. The molecule has 204 valence electrons. The predicted molar refractivity (Wildman–Crippen MR) is 159 cm³/mol. The van der Waals surface area contributed by atoms with Crippen LogP contribution < -0.4 is 10.2 Å². The molecular formula is C33H51N3O. The number of carbonyl (C=O) groups is 1. The molecule has 2 heterocycles. The van der Waals surface area contributed by atoms with Crippen molar-refractivity contribution in [2.75, 3.05) is 31.1 Å². The van der Waals surface area contributed by atoms with E-state index in [1.54, 1.807) is 0 Å². The second kappa shape index (κ2) is 15.2. The van der Waals surface area contributed by atoms with Gasteiger partial charge in [0, 0.05) is 50.0 Å². The van der Waals surface area contributed by atoms with E-state index in [-0.39, 0.29) is 5.91 Å². The summed E-state index contributed by atoms with van der Waals surface area (Å²) in [4.78, 5) is 17.2. The summed E-state index contributed by atoms with van der Waals surface area (Å²) in [5, 5.41) is 3.39. The highest BCUT2D eigenvalue weighted by atomic mass is 16.2. The molecule has 4 rings (SSSR count). The molecular weight excluding hydrogens is 454 g/mol. The van der Waals surface area contributed by atoms with Crippen molar-refractivity contribution in [3.63, 3.8) is 0 Å². The summed E-state index contributed by atoms with van der Waals surface area (Å²) in [7, 11) is 0. The SMILES string of the molecule is C/C=C(\C)CC/C=C(\C)CCC=C(C)C.O=C1c2ccc(N3CCNCC3)cc2CN1C1CCCCC1. The second-order valence-corrected chi connectivity index (χ2v) is 11.3. The van der Waals surface area contributed by atoms with Crippen LogP contribution in [0.15, 0.2) is 53.1 Å². The van der Waals surface area contributed by atoms with Gasteiger partial charge in [0.2, 0.25) is 0 Å². The first-order valence-corrected chi connectivity index (χ1v) is 14.7. The number of allylic oxidation sites excluding steroid dienone is 6. The molecule has 0 aromatic heterocycles. The summed E-state index contributed by atoms with van der Waals surface area (Å²) in [6.45, 7) is 15.9. The summed E-state index contributed by atoms with van der Waals surface area (Å²) in [5.41, 5.74) is 7.88. The van der Waals surface area contributed by atoms with Crippen molar-refractivity contribution in [1.29, 1.82) is 0 Å². The van der Waals surface area contributed by atoms with Crippen LogP contribution in [0.4, 0.5) is 5.69 Å². The van der Waals surface area contributed by atoms with Gasteiger partial charge < -0.3 is 15.1 Å². The first-order valence-electron chi connectivity index (χ1n) is 14.7. The summed E-state index contributed by atoms with van der Waals surface area (Å²) < 4.78 is 0. The number of benzene rings is 1. The zero-order chi connectivity index (χ0) is 26.6. The maximum atomic E-state index is 12.7. The van der Waals surface area contributed by atoms with Crippen molar-refractivity contribution >= 4 is 11.6 Å². The number of nitrogens with one attached hydrogen (secondary N) is 1. The number of amides is 1. The van der Waals surface area contributed by atoms with Gasteiger partial charge in [-0.1, -0.05) is 54.2 Å². The molecule has 0 radical (unpaired) electrons. The van der Waals surface area contributed by atoms with Crippen LogP contribution in [0, 0.1) is 0 Å². The highest BCUT2D eigenvalue weighted by molar-refractivity contribution is 5.99. The number of hydrogen-bond acceptors (Lipinski definition) is 3. The molecule has 1 saturated carbocycles. The highest BCUT2D eigenvalue weighted by Crippen LogP contribution is 2.33. The summed E-state index contributed by atoms with van der Waals surface area (Å²) in [5.74, 6) is 0.258. The molecule has 1 aliphatic carbocycles. The van der Waals surface area contributed by atoms with Gasteiger partial charge in [-0.05, 0) is 96.9 Å². The summed E-state index contributed by atoms with van der Waals surface area (Å²) in [6, 6.07) is 6.90. The van der Waals surface area contributed by atoms with Gasteiger partial charge in [-0.3, -0.25) is 4.79 Å². The quantitative estimate of drug-likeness (QED) is 0.366. The lowest BCUT2D eigenvalue weighted by molar-refractivity contribution is 0.0660. The molecule has 37 heavy (non-hydrogen) atoms. The number of hydrogen-bond donors (Lipinski definition) is 1. The predicted octanol–water partition coefficient (Wildman–Crippen LogP) is 7.81. The zero-order valence-corrected chi connectivity index (χ0v) is 24.2. The monoisotopic (exact) mass is 505 g/mol. The second-order valence-electron chi connectivity index (χ2n) is 11.3. The molecule has 0 spiro atoms. The molecule has 1 saturated heterocycles. The molecule has 4 nitrogen and oxygen atoms in total. The van der Waals surface area contributed by atoms with E-state index >= 15 is 0 Å². The van der Waals surface area contributed by atoms with E-state index in [4.69, 9.17) is 0 Å². The number of anilines is 1. The summed E-state index contributed by atoms with van der Waals surface area (Å²) >= 11 is 0. The van der Waals surface area contributed by atoms with E-state index in [2.05, 4.69) is 86.2 Å². The Balaban J connectivity index is 0.000000225. The van der Waals surface area contributed by atoms with E-state index in [1.165, 1.54) is 85.8 Å². The lowest BCUT2D eigenvalue weighted by atomic mass is 9.94. The minimum atomic E-state index is 0.258. The third-order valence-corrected chi connectivity index (χ3v) is 8.03. The maximum absolute atomic E-state index is 12.7. The van der Waals surface area contributed by atoms with Gasteiger partial charge >= 0.3 is 0 Å². The Bertz CT molecular complexity index is 958. The normalized spacial score (nSPS) is 18.9. The zero-order valence-electron chi connectivity index (χ0n) is 24.2. The Morgan fingerprint density at radius 2 is 1.62 bits per heavy atom. The van der Waals surface area contributed by atoms with Gasteiger partial charge in [0.25, 0.3) is 5.91 Å². The van der Waals surface area contributed by atoms with Crippen molar-refractivity contribution in [3.8, 4) is 0 Å². The molecule has 0 atom stereocenters. The smallest absolute Gasteiger partial charge is 0.254 e. The van der Waals surface area contributed by atoms with Gasteiger partial charge in [0.1, 0.15) is 0 Å². The van der Waals surface area contributed by atoms with Crippen LogP contribution in [-0.2, 0) is 6.54 Å². The van der Waals surface area contributed by atoms with Gasteiger partial charge in [0.15, 0.2) is 0 Å².